The summed E-state index contributed by atoms with van der Waals surface area (Å²) in [6.45, 7) is 5.14. The summed E-state index contributed by atoms with van der Waals surface area (Å²) in [4.78, 5) is 17.7. The number of benzene rings is 2. The number of amides is 1. The van der Waals surface area contributed by atoms with Gasteiger partial charge in [0.2, 0.25) is 20.2 Å². The van der Waals surface area contributed by atoms with E-state index in [0.29, 0.717) is 29.2 Å². The van der Waals surface area contributed by atoms with Crippen LogP contribution in [0.25, 0.3) is 6.08 Å². The van der Waals surface area contributed by atoms with E-state index < -0.39 is 21.0 Å². The van der Waals surface area contributed by atoms with Crippen LogP contribution in [-0.2, 0) is 21.2 Å². The van der Waals surface area contributed by atoms with Crippen molar-refractivity contribution >= 4 is 49.9 Å². The van der Waals surface area contributed by atoms with Crippen molar-refractivity contribution in [3.63, 3.8) is 0 Å². The van der Waals surface area contributed by atoms with E-state index in [1.54, 1.807) is 43.3 Å². The summed E-state index contributed by atoms with van der Waals surface area (Å²) < 4.78 is 54.8. The van der Waals surface area contributed by atoms with Gasteiger partial charge in [0, 0.05) is 5.56 Å². The largest absolute Gasteiger partial charge is 0.490 e. The van der Waals surface area contributed by atoms with Crippen molar-refractivity contribution in [3.8, 4) is 11.5 Å². The maximum absolute atomic E-state index is 13.9. The Balaban J connectivity index is 1.63. The van der Waals surface area contributed by atoms with Crippen LogP contribution < -0.4 is 9.47 Å². The van der Waals surface area contributed by atoms with Crippen molar-refractivity contribution in [3.05, 3.63) is 65.0 Å². The molecule has 0 fully saturated rings. The van der Waals surface area contributed by atoms with Gasteiger partial charge in [-0.2, -0.15) is 9.39 Å². The zero-order chi connectivity index (χ0) is 26.0. The highest BCUT2D eigenvalue weighted by Gasteiger charge is 2.43. The molecule has 0 spiro atoms. The molecule has 2 aliphatic rings. The number of sulfone groups is 1. The van der Waals surface area contributed by atoms with Gasteiger partial charge < -0.3 is 9.47 Å². The summed E-state index contributed by atoms with van der Waals surface area (Å²) >= 11 is 0.743. The highest BCUT2D eigenvalue weighted by Crippen LogP contribution is 2.33. The topological polar surface area (TPSA) is 121 Å². The molecule has 0 saturated carbocycles. The molecule has 0 saturated heterocycles. The fourth-order valence-electron chi connectivity index (χ4n) is 3.33. The first-order valence-electron chi connectivity index (χ1n) is 11.0. The number of nitrogens with one attached hydrogen (secondary N) is 1. The summed E-state index contributed by atoms with van der Waals surface area (Å²) in [6, 6.07) is 11.2. The highest BCUT2D eigenvalue weighted by molar-refractivity contribution is 8.16. The predicted molar refractivity (Wildman–Crippen MR) is 137 cm³/mol. The second kappa shape index (κ2) is 10.2. The Labute approximate surface area is 212 Å². The average molecular weight is 531 g/mol. The molecular weight excluding hydrogens is 507 g/mol. The Morgan fingerprint density at radius 3 is 2.61 bits per heavy atom. The zero-order valence-electron chi connectivity index (χ0n) is 19.7. The molecule has 0 aromatic heterocycles. The van der Waals surface area contributed by atoms with E-state index in [9.17, 15) is 17.6 Å². The number of ether oxygens (including phenoxy) is 2. The minimum absolute atomic E-state index is 0.00707. The molecule has 2 heterocycles. The minimum Gasteiger partial charge on any atom is -0.490 e. The zero-order valence-corrected chi connectivity index (χ0v) is 21.3. The van der Waals surface area contributed by atoms with Crippen LogP contribution in [0.2, 0.25) is 0 Å². The maximum Gasteiger partial charge on any atom is 0.283 e. The molecule has 9 nitrogen and oxygen atoms in total. The van der Waals surface area contributed by atoms with E-state index in [2.05, 4.69) is 9.39 Å². The van der Waals surface area contributed by atoms with Crippen molar-refractivity contribution in [1.29, 1.82) is 5.41 Å². The Kier molecular flexibility index (Phi) is 7.27. The third-order valence-corrected chi connectivity index (χ3v) is 8.13. The number of amidine groups is 3. The maximum atomic E-state index is 13.9. The van der Waals surface area contributed by atoms with Crippen LogP contribution in [0.15, 0.2) is 57.4 Å². The molecule has 2 aromatic rings. The van der Waals surface area contributed by atoms with E-state index in [1.807, 2.05) is 0 Å². The number of carbonyl (C=O) groups is 1. The van der Waals surface area contributed by atoms with Gasteiger partial charge in [0.05, 0.1) is 29.4 Å². The third kappa shape index (κ3) is 4.91. The van der Waals surface area contributed by atoms with Gasteiger partial charge in [-0.3, -0.25) is 10.2 Å². The second-order valence-corrected chi connectivity index (χ2v) is 11.1. The van der Waals surface area contributed by atoms with Crippen LogP contribution in [0, 0.1) is 11.2 Å². The number of hydrogen-bond acceptors (Lipinski definition) is 8. The number of nitrogens with zero attached hydrogens (tertiary/aromatic N) is 3. The molecule has 4 rings (SSSR count). The standard InChI is InChI=1S/C24H23FN4O5S2/c1-4-33-20-12-15(9-10-19(20)34-13-16-7-5-6-8-18(16)25)11-17-21(26)29-23(27-22(17)30)35-28-24(29)36(31,32)14(2)3/h5-12,14,26H,4,13H2,1-3H3/b17-11-,26-21?. The van der Waals surface area contributed by atoms with Crippen LogP contribution in [-0.4, -0.2) is 47.3 Å². The van der Waals surface area contributed by atoms with Gasteiger partial charge in [-0.1, -0.05) is 24.3 Å². The molecule has 0 unspecified atom stereocenters. The van der Waals surface area contributed by atoms with Gasteiger partial charge in [0.1, 0.15) is 18.3 Å². The van der Waals surface area contributed by atoms with Crippen molar-refractivity contribution < 1.29 is 27.1 Å². The minimum atomic E-state index is -3.81. The van der Waals surface area contributed by atoms with E-state index in [-0.39, 0.29) is 34.2 Å². The van der Waals surface area contributed by atoms with E-state index >= 15 is 0 Å². The van der Waals surface area contributed by atoms with Crippen molar-refractivity contribution in [1.82, 2.24) is 4.90 Å². The third-order valence-electron chi connectivity index (χ3n) is 5.29. The molecule has 2 aliphatic heterocycles. The number of fused-ring (bicyclic) bond motifs is 1. The first-order valence-corrected chi connectivity index (χ1v) is 13.3. The lowest BCUT2D eigenvalue weighted by Crippen LogP contribution is -2.46. The quantitative estimate of drug-likeness (QED) is 0.421. The average Bonchev–Trinajstić information content (AvgIpc) is 3.27. The first kappa shape index (κ1) is 25.6. The Morgan fingerprint density at radius 2 is 1.92 bits per heavy atom. The van der Waals surface area contributed by atoms with Gasteiger partial charge in [-0.25, -0.2) is 17.7 Å². The lowest BCUT2D eigenvalue weighted by molar-refractivity contribution is -0.114. The number of halogens is 1. The molecule has 1 amide bonds. The van der Waals surface area contributed by atoms with Crippen molar-refractivity contribution in [2.24, 2.45) is 9.39 Å². The number of rotatable bonds is 7. The lowest BCUT2D eigenvalue weighted by atomic mass is 10.1. The number of carbonyl (C=O) groups excluding carboxylic acids is 1. The number of aliphatic imine (C=N–C) groups is 1. The van der Waals surface area contributed by atoms with Crippen LogP contribution in [0.3, 0.4) is 0 Å². The van der Waals surface area contributed by atoms with Gasteiger partial charge in [-0.15, -0.1) is 0 Å². The van der Waals surface area contributed by atoms with Gasteiger partial charge in [0.25, 0.3) is 5.91 Å². The molecule has 12 heteroatoms. The molecule has 36 heavy (non-hydrogen) atoms. The monoisotopic (exact) mass is 530 g/mol. The van der Waals surface area contributed by atoms with Crippen molar-refractivity contribution in [2.45, 2.75) is 32.6 Å². The van der Waals surface area contributed by atoms with Gasteiger partial charge in [-0.05, 0) is 50.6 Å². The van der Waals surface area contributed by atoms with Crippen LogP contribution in [0.4, 0.5) is 4.39 Å². The van der Waals surface area contributed by atoms with Crippen LogP contribution in [0.5, 0.6) is 11.5 Å². The molecule has 0 aliphatic carbocycles. The normalized spacial score (nSPS) is 16.8. The molecule has 188 valence electrons. The summed E-state index contributed by atoms with van der Waals surface area (Å²) in [7, 11) is -3.81. The highest BCUT2D eigenvalue weighted by atomic mass is 32.2. The smallest absolute Gasteiger partial charge is 0.283 e. The Hall–Kier alpha value is -3.51. The molecule has 0 bridgehead atoms. The molecule has 2 aromatic carbocycles. The van der Waals surface area contributed by atoms with Gasteiger partial charge >= 0.3 is 0 Å². The van der Waals surface area contributed by atoms with E-state index in [0.717, 1.165) is 16.8 Å². The Morgan fingerprint density at radius 1 is 1.17 bits per heavy atom. The van der Waals surface area contributed by atoms with E-state index in [1.165, 1.54) is 26.0 Å². The summed E-state index contributed by atoms with van der Waals surface area (Å²) in [6.07, 6.45) is 1.43. The number of hydrogen-bond donors (Lipinski definition) is 1. The molecule has 0 atom stereocenters. The predicted octanol–water partition coefficient (Wildman–Crippen LogP) is 4.20. The summed E-state index contributed by atoms with van der Waals surface area (Å²) in [5.41, 5.74) is 0.786. The van der Waals surface area contributed by atoms with Crippen molar-refractivity contribution in [2.75, 3.05) is 6.61 Å². The second-order valence-electron chi connectivity index (χ2n) is 8.02. The molecule has 1 N–H and O–H groups in total. The Bertz CT molecular complexity index is 1430. The first-order chi connectivity index (χ1) is 17.1. The molecular formula is C24H23FN4O5S2. The lowest BCUT2D eigenvalue weighted by Gasteiger charge is -2.25. The molecule has 0 radical (unpaired) electrons. The summed E-state index contributed by atoms with van der Waals surface area (Å²) in [5, 5.41) is 7.50. The van der Waals surface area contributed by atoms with Crippen LogP contribution in [0.1, 0.15) is 31.9 Å². The fraction of sp³-hybridized carbons (Fsp3) is 0.250. The SMILES string of the molecule is CCOc1cc(/C=C2/C(=N)N3C(=NC2=O)SN=C3S(=O)(=O)C(C)C)ccc1OCc1ccccc1F. The summed E-state index contributed by atoms with van der Waals surface area (Å²) in [5.74, 6) is -0.663. The van der Waals surface area contributed by atoms with E-state index in [4.69, 9.17) is 14.9 Å². The van der Waals surface area contributed by atoms with Gasteiger partial charge in [0.15, 0.2) is 11.5 Å². The van der Waals surface area contributed by atoms with Crippen LogP contribution >= 0.6 is 11.9 Å². The fourth-order valence-corrected chi connectivity index (χ4v) is 5.40.